The third-order valence-corrected chi connectivity index (χ3v) is 5.54. The van der Waals surface area contributed by atoms with Crippen LogP contribution in [0.3, 0.4) is 0 Å². The Bertz CT molecular complexity index is 1020. The first-order chi connectivity index (χ1) is 15.5. The van der Waals surface area contributed by atoms with Crippen LogP contribution in [0.5, 0.6) is 5.75 Å². The molecule has 32 heavy (non-hydrogen) atoms. The van der Waals surface area contributed by atoms with Crippen LogP contribution in [0.4, 0.5) is 5.82 Å². The number of amides is 2. The minimum Gasteiger partial charge on any atom is -0.491 e. The molecular formula is C25H28N4O3. The fraction of sp³-hybridized carbons (Fsp3) is 0.320. The number of ether oxygens (including phenoxy) is 1. The maximum Gasteiger partial charge on any atom is 0.278 e. The summed E-state index contributed by atoms with van der Waals surface area (Å²) in [5.41, 5.74) is 1.63. The Morgan fingerprint density at radius 3 is 2.28 bits per heavy atom. The number of hydrogen-bond donors (Lipinski definition) is 0. The molecule has 7 nitrogen and oxygen atoms in total. The van der Waals surface area contributed by atoms with Gasteiger partial charge in [-0.05, 0) is 43.7 Å². The van der Waals surface area contributed by atoms with Gasteiger partial charge in [0.2, 0.25) is 0 Å². The highest BCUT2D eigenvalue weighted by atomic mass is 16.5. The highest BCUT2D eigenvalue weighted by molar-refractivity contribution is 6.35. The van der Waals surface area contributed by atoms with E-state index in [1.54, 1.807) is 12.3 Å². The molecule has 0 aliphatic carbocycles. The summed E-state index contributed by atoms with van der Waals surface area (Å²) in [7, 11) is 0. The Kier molecular flexibility index (Phi) is 6.25. The number of hydrogen-bond acceptors (Lipinski definition) is 6. The highest BCUT2D eigenvalue weighted by Gasteiger charge is 2.41. The summed E-state index contributed by atoms with van der Waals surface area (Å²) in [6.45, 7) is 10.5. The van der Waals surface area contributed by atoms with Gasteiger partial charge in [-0.2, -0.15) is 0 Å². The number of nitrogens with zero attached hydrogens (tertiary/aromatic N) is 4. The van der Waals surface area contributed by atoms with E-state index in [-0.39, 0.29) is 24.5 Å². The van der Waals surface area contributed by atoms with Crippen LogP contribution in [0.15, 0.2) is 67.0 Å². The van der Waals surface area contributed by atoms with E-state index in [2.05, 4.69) is 16.5 Å². The maximum absolute atomic E-state index is 13.3. The lowest BCUT2D eigenvalue weighted by atomic mass is 10.0. The van der Waals surface area contributed by atoms with E-state index in [1.165, 1.54) is 4.90 Å². The van der Waals surface area contributed by atoms with Crippen molar-refractivity contribution in [2.45, 2.75) is 20.0 Å². The Hall–Kier alpha value is -3.61. The second kappa shape index (κ2) is 9.26. The van der Waals surface area contributed by atoms with Crippen molar-refractivity contribution in [3.05, 3.63) is 72.6 Å². The normalized spacial score (nSPS) is 16.9. The molecule has 166 valence electrons. The van der Waals surface area contributed by atoms with E-state index in [0.717, 1.165) is 24.7 Å². The Labute approximate surface area is 188 Å². The Morgan fingerprint density at radius 1 is 1.00 bits per heavy atom. The van der Waals surface area contributed by atoms with Crippen LogP contribution in [0.2, 0.25) is 0 Å². The van der Waals surface area contributed by atoms with Crippen molar-refractivity contribution in [2.24, 2.45) is 0 Å². The van der Waals surface area contributed by atoms with Gasteiger partial charge >= 0.3 is 0 Å². The minimum absolute atomic E-state index is 0.0591. The van der Waals surface area contributed by atoms with Gasteiger partial charge in [0.1, 0.15) is 17.3 Å². The zero-order chi connectivity index (χ0) is 22.7. The number of anilines is 1. The van der Waals surface area contributed by atoms with Gasteiger partial charge < -0.3 is 14.5 Å². The third kappa shape index (κ3) is 4.23. The van der Waals surface area contributed by atoms with Gasteiger partial charge in [0.05, 0.1) is 11.7 Å². The molecule has 1 fully saturated rings. The molecule has 1 aromatic heterocycles. The van der Waals surface area contributed by atoms with Crippen molar-refractivity contribution >= 4 is 23.2 Å². The van der Waals surface area contributed by atoms with Crippen LogP contribution in [0.1, 0.15) is 19.4 Å². The summed E-state index contributed by atoms with van der Waals surface area (Å²) in [5.74, 6) is 1.10. The minimum atomic E-state index is -0.283. The van der Waals surface area contributed by atoms with Gasteiger partial charge in [0.15, 0.2) is 0 Å². The number of pyridine rings is 1. The van der Waals surface area contributed by atoms with E-state index < -0.39 is 0 Å². The number of aromatic nitrogens is 1. The van der Waals surface area contributed by atoms with Crippen molar-refractivity contribution < 1.29 is 14.3 Å². The predicted octanol–water partition coefficient (Wildman–Crippen LogP) is 2.96. The smallest absolute Gasteiger partial charge is 0.278 e. The van der Waals surface area contributed by atoms with E-state index in [9.17, 15) is 9.59 Å². The largest absolute Gasteiger partial charge is 0.491 e. The quantitative estimate of drug-likeness (QED) is 0.495. The molecule has 2 amide bonds. The van der Waals surface area contributed by atoms with Gasteiger partial charge in [0.25, 0.3) is 11.8 Å². The fourth-order valence-electron chi connectivity index (χ4n) is 4.08. The lowest BCUT2D eigenvalue weighted by molar-refractivity contribution is -0.136. The summed E-state index contributed by atoms with van der Waals surface area (Å²) in [4.78, 5) is 36.4. The standard InChI is InChI=1S/C25H28N4O3/c1-4-13-29-24(30)22(19-8-10-20(11-9-19)32-18(2)3)23(25(29)31)28-16-14-27(15-17-28)21-7-5-6-12-26-21/h4-12,18H,1,13-17H2,2-3H3. The van der Waals surface area contributed by atoms with E-state index in [0.29, 0.717) is 29.9 Å². The summed E-state index contributed by atoms with van der Waals surface area (Å²) in [5, 5.41) is 0. The molecule has 1 aromatic carbocycles. The molecule has 4 rings (SSSR count). The fourth-order valence-corrected chi connectivity index (χ4v) is 4.08. The van der Waals surface area contributed by atoms with Crippen molar-refractivity contribution in [3.8, 4) is 5.75 Å². The van der Waals surface area contributed by atoms with Gasteiger partial charge in [-0.25, -0.2) is 4.98 Å². The number of carbonyl (C=O) groups excluding carboxylic acids is 2. The second-order valence-corrected chi connectivity index (χ2v) is 8.09. The summed E-state index contributed by atoms with van der Waals surface area (Å²) < 4.78 is 5.72. The molecule has 2 aliphatic heterocycles. The molecule has 0 unspecified atom stereocenters. The third-order valence-electron chi connectivity index (χ3n) is 5.54. The molecule has 3 heterocycles. The van der Waals surface area contributed by atoms with Crippen LogP contribution < -0.4 is 9.64 Å². The molecule has 0 radical (unpaired) electrons. The van der Waals surface area contributed by atoms with Crippen LogP contribution in [-0.2, 0) is 9.59 Å². The molecule has 0 bridgehead atoms. The SMILES string of the molecule is C=CCN1C(=O)C(c2ccc(OC(C)C)cc2)=C(N2CCN(c3ccccn3)CC2)C1=O. The summed E-state index contributed by atoms with van der Waals surface area (Å²) in [6, 6.07) is 13.2. The summed E-state index contributed by atoms with van der Waals surface area (Å²) >= 11 is 0. The molecule has 0 atom stereocenters. The van der Waals surface area contributed by atoms with Crippen LogP contribution in [-0.4, -0.2) is 65.4 Å². The molecule has 0 saturated carbocycles. The Morgan fingerprint density at radius 2 is 1.69 bits per heavy atom. The number of rotatable bonds is 7. The zero-order valence-corrected chi connectivity index (χ0v) is 18.5. The molecule has 1 saturated heterocycles. The molecular weight excluding hydrogens is 404 g/mol. The van der Waals surface area contributed by atoms with Gasteiger partial charge in [-0.15, -0.1) is 6.58 Å². The Balaban J connectivity index is 1.63. The topological polar surface area (TPSA) is 66.0 Å². The molecule has 2 aromatic rings. The average Bonchev–Trinajstić information content (AvgIpc) is 3.05. The maximum atomic E-state index is 13.3. The lowest BCUT2D eigenvalue weighted by Crippen LogP contribution is -2.47. The van der Waals surface area contributed by atoms with Gasteiger partial charge in [-0.1, -0.05) is 24.3 Å². The van der Waals surface area contributed by atoms with Gasteiger partial charge in [-0.3, -0.25) is 14.5 Å². The van der Waals surface area contributed by atoms with E-state index >= 15 is 0 Å². The number of carbonyl (C=O) groups is 2. The van der Waals surface area contributed by atoms with Crippen molar-refractivity contribution in [1.29, 1.82) is 0 Å². The molecule has 2 aliphatic rings. The highest BCUT2D eigenvalue weighted by Crippen LogP contribution is 2.33. The van der Waals surface area contributed by atoms with Crippen molar-refractivity contribution in [3.63, 3.8) is 0 Å². The van der Waals surface area contributed by atoms with Gasteiger partial charge in [0, 0.05) is 38.9 Å². The van der Waals surface area contributed by atoms with Crippen LogP contribution in [0.25, 0.3) is 5.57 Å². The second-order valence-electron chi connectivity index (χ2n) is 8.09. The predicted molar refractivity (Wildman–Crippen MR) is 124 cm³/mol. The lowest BCUT2D eigenvalue weighted by Gasteiger charge is -2.37. The molecule has 0 spiro atoms. The zero-order valence-electron chi connectivity index (χ0n) is 18.5. The molecule has 7 heteroatoms. The number of piperazine rings is 1. The van der Waals surface area contributed by atoms with E-state index in [1.807, 2.05) is 61.2 Å². The van der Waals surface area contributed by atoms with Crippen molar-refractivity contribution in [1.82, 2.24) is 14.8 Å². The van der Waals surface area contributed by atoms with Crippen LogP contribution in [0, 0.1) is 0 Å². The monoisotopic (exact) mass is 432 g/mol. The summed E-state index contributed by atoms with van der Waals surface area (Å²) in [6.07, 6.45) is 3.42. The average molecular weight is 433 g/mol. The van der Waals surface area contributed by atoms with E-state index in [4.69, 9.17) is 4.74 Å². The number of imide groups is 1. The molecule has 0 N–H and O–H groups in total. The first kappa shape index (κ1) is 21.6. The first-order valence-electron chi connectivity index (χ1n) is 10.9. The number of benzene rings is 1. The van der Waals surface area contributed by atoms with Crippen molar-refractivity contribution in [2.75, 3.05) is 37.6 Å². The van der Waals surface area contributed by atoms with Crippen LogP contribution >= 0.6 is 0 Å². The first-order valence-corrected chi connectivity index (χ1v) is 10.9.